The lowest BCUT2D eigenvalue weighted by atomic mass is 10.0. The Bertz CT molecular complexity index is 1110. The van der Waals surface area contributed by atoms with Crippen molar-refractivity contribution in [3.05, 3.63) is 83.6 Å². The minimum atomic E-state index is -0.380. The molecule has 27 heavy (non-hydrogen) atoms. The van der Waals surface area contributed by atoms with E-state index in [0.29, 0.717) is 16.4 Å². The van der Waals surface area contributed by atoms with E-state index in [1.165, 1.54) is 11.3 Å². The topological polar surface area (TPSA) is 84.0 Å². The highest BCUT2D eigenvalue weighted by Crippen LogP contribution is 2.26. The molecule has 6 nitrogen and oxygen atoms in total. The maximum atomic E-state index is 12.8. The molecule has 2 aromatic heterocycles. The molecule has 0 saturated carbocycles. The number of amides is 2. The average molecular weight is 374 g/mol. The Labute approximate surface area is 158 Å². The average Bonchev–Trinajstić information content (AvgIpc) is 3.21. The highest BCUT2D eigenvalue weighted by Gasteiger charge is 2.17. The summed E-state index contributed by atoms with van der Waals surface area (Å²) in [4.78, 5) is 33.4. The molecule has 2 N–H and O–H groups in total. The number of benzene rings is 2. The molecule has 2 amide bonds. The largest absolute Gasteiger partial charge is 0.320 e. The van der Waals surface area contributed by atoms with E-state index in [0.717, 1.165) is 10.8 Å². The van der Waals surface area contributed by atoms with Crippen LogP contribution in [0.1, 0.15) is 20.8 Å². The van der Waals surface area contributed by atoms with Gasteiger partial charge in [-0.25, -0.2) is 4.98 Å². The molecule has 0 fully saturated rings. The van der Waals surface area contributed by atoms with Crippen LogP contribution in [0, 0.1) is 0 Å². The number of rotatable bonds is 4. The third-order valence-corrected chi connectivity index (χ3v) is 4.62. The van der Waals surface area contributed by atoms with Gasteiger partial charge in [-0.15, -0.1) is 11.3 Å². The van der Waals surface area contributed by atoms with Crippen molar-refractivity contribution in [3.8, 4) is 0 Å². The van der Waals surface area contributed by atoms with E-state index < -0.39 is 0 Å². The summed E-state index contributed by atoms with van der Waals surface area (Å²) in [7, 11) is 0. The van der Waals surface area contributed by atoms with Crippen LogP contribution in [-0.2, 0) is 0 Å². The third-order valence-electron chi connectivity index (χ3n) is 3.93. The lowest BCUT2D eigenvalue weighted by Gasteiger charge is -2.12. The Hall–Kier alpha value is -3.58. The summed E-state index contributed by atoms with van der Waals surface area (Å²) < 4.78 is 0. The predicted octanol–water partition coefficient (Wildman–Crippen LogP) is 4.20. The van der Waals surface area contributed by atoms with Gasteiger partial charge in [0.25, 0.3) is 11.8 Å². The fourth-order valence-electron chi connectivity index (χ4n) is 2.66. The standard InChI is InChI=1S/C20H14N4O2S/c25-18(24-20-22-9-10-27-20)15-11-13-5-1-2-6-14(13)12-17(15)23-19(26)16-7-3-4-8-21-16/h1-12H,(H,23,26)(H,22,24,25). The summed E-state index contributed by atoms with van der Waals surface area (Å²) in [5.74, 6) is -0.721. The number of carbonyl (C=O) groups excluding carboxylic acids is 2. The molecule has 4 rings (SSSR count). The van der Waals surface area contributed by atoms with Crippen molar-refractivity contribution in [2.45, 2.75) is 0 Å². The number of pyridine rings is 1. The number of thiazole rings is 1. The van der Waals surface area contributed by atoms with E-state index in [1.807, 2.05) is 24.3 Å². The van der Waals surface area contributed by atoms with Crippen LogP contribution in [0.4, 0.5) is 10.8 Å². The maximum absolute atomic E-state index is 12.8. The zero-order valence-electron chi connectivity index (χ0n) is 14.0. The second-order valence-corrected chi connectivity index (χ2v) is 6.60. The van der Waals surface area contributed by atoms with Crippen LogP contribution in [0.3, 0.4) is 0 Å². The fourth-order valence-corrected chi connectivity index (χ4v) is 3.19. The highest BCUT2D eigenvalue weighted by molar-refractivity contribution is 7.13. The van der Waals surface area contributed by atoms with Crippen molar-refractivity contribution in [2.75, 3.05) is 10.6 Å². The summed E-state index contributed by atoms with van der Waals surface area (Å²) >= 11 is 1.33. The molecular formula is C20H14N4O2S. The van der Waals surface area contributed by atoms with Crippen molar-refractivity contribution < 1.29 is 9.59 Å². The lowest BCUT2D eigenvalue weighted by Crippen LogP contribution is -2.19. The molecule has 0 aliphatic rings. The second-order valence-electron chi connectivity index (χ2n) is 5.71. The Morgan fingerprint density at radius 2 is 1.59 bits per heavy atom. The first kappa shape index (κ1) is 16.9. The highest BCUT2D eigenvalue weighted by atomic mass is 32.1. The number of anilines is 2. The number of hydrogen-bond donors (Lipinski definition) is 2. The predicted molar refractivity (Wildman–Crippen MR) is 106 cm³/mol. The second kappa shape index (κ2) is 7.35. The van der Waals surface area contributed by atoms with Gasteiger partial charge in [-0.3, -0.25) is 19.9 Å². The quantitative estimate of drug-likeness (QED) is 0.561. The van der Waals surface area contributed by atoms with Crippen LogP contribution < -0.4 is 10.6 Å². The van der Waals surface area contributed by atoms with Crippen molar-refractivity contribution in [3.63, 3.8) is 0 Å². The molecule has 0 radical (unpaired) electrons. The smallest absolute Gasteiger partial charge is 0.274 e. The monoisotopic (exact) mass is 374 g/mol. The first-order valence-corrected chi connectivity index (χ1v) is 9.05. The Kier molecular flexibility index (Phi) is 4.59. The number of nitrogens with one attached hydrogen (secondary N) is 2. The van der Waals surface area contributed by atoms with E-state index >= 15 is 0 Å². The van der Waals surface area contributed by atoms with Gasteiger partial charge in [-0.05, 0) is 35.0 Å². The van der Waals surface area contributed by atoms with Crippen LogP contribution in [0.15, 0.2) is 72.4 Å². The zero-order chi connectivity index (χ0) is 18.6. The summed E-state index contributed by atoms with van der Waals surface area (Å²) in [6, 6.07) is 16.3. The van der Waals surface area contributed by atoms with Crippen LogP contribution >= 0.6 is 11.3 Å². The molecule has 2 aromatic carbocycles. The number of nitrogens with zero attached hydrogens (tertiary/aromatic N) is 2. The van der Waals surface area contributed by atoms with Crippen molar-refractivity contribution in [1.29, 1.82) is 0 Å². The molecule has 0 spiro atoms. The number of fused-ring (bicyclic) bond motifs is 1. The minimum Gasteiger partial charge on any atom is -0.320 e. The zero-order valence-corrected chi connectivity index (χ0v) is 14.9. The van der Waals surface area contributed by atoms with Gasteiger partial charge in [-0.2, -0.15) is 0 Å². The van der Waals surface area contributed by atoms with E-state index in [1.54, 1.807) is 48.1 Å². The van der Waals surface area contributed by atoms with Gasteiger partial charge < -0.3 is 5.32 Å². The van der Waals surface area contributed by atoms with Gasteiger partial charge in [0.15, 0.2) is 5.13 Å². The van der Waals surface area contributed by atoms with E-state index in [9.17, 15) is 9.59 Å². The molecule has 7 heteroatoms. The molecule has 0 unspecified atom stereocenters. The molecule has 4 aromatic rings. The molecule has 0 aliphatic carbocycles. The van der Waals surface area contributed by atoms with E-state index in [2.05, 4.69) is 20.6 Å². The van der Waals surface area contributed by atoms with Gasteiger partial charge in [0.05, 0.1) is 11.3 Å². The molecular weight excluding hydrogens is 360 g/mol. The summed E-state index contributed by atoms with van der Waals surface area (Å²) in [5, 5.41) is 9.65. The molecule has 0 atom stereocenters. The molecule has 2 heterocycles. The van der Waals surface area contributed by atoms with Gasteiger partial charge >= 0.3 is 0 Å². The molecule has 132 valence electrons. The van der Waals surface area contributed by atoms with Crippen LogP contribution in [-0.4, -0.2) is 21.8 Å². The fraction of sp³-hybridized carbons (Fsp3) is 0. The molecule has 0 aliphatic heterocycles. The normalized spacial score (nSPS) is 10.5. The van der Waals surface area contributed by atoms with Gasteiger partial charge in [0, 0.05) is 17.8 Å². The van der Waals surface area contributed by atoms with Crippen molar-refractivity contribution >= 4 is 44.7 Å². The Morgan fingerprint density at radius 3 is 2.30 bits per heavy atom. The SMILES string of the molecule is O=C(Nc1cc2ccccc2cc1C(=O)Nc1nccs1)c1ccccn1. The summed E-state index contributed by atoms with van der Waals surface area (Å²) in [6.45, 7) is 0. The Balaban J connectivity index is 1.72. The molecule has 0 saturated heterocycles. The van der Waals surface area contributed by atoms with Gasteiger partial charge in [0.2, 0.25) is 0 Å². The minimum absolute atomic E-state index is 0.275. The van der Waals surface area contributed by atoms with Crippen molar-refractivity contribution in [2.24, 2.45) is 0 Å². The van der Waals surface area contributed by atoms with Gasteiger partial charge in [0.1, 0.15) is 5.69 Å². The summed E-state index contributed by atoms with van der Waals surface area (Å²) in [5.41, 5.74) is 1.04. The van der Waals surface area contributed by atoms with Crippen LogP contribution in [0.2, 0.25) is 0 Å². The number of hydrogen-bond acceptors (Lipinski definition) is 5. The number of aromatic nitrogens is 2. The van der Waals surface area contributed by atoms with Gasteiger partial charge in [-0.1, -0.05) is 30.3 Å². The van der Waals surface area contributed by atoms with Crippen LogP contribution in [0.5, 0.6) is 0 Å². The van der Waals surface area contributed by atoms with Crippen LogP contribution in [0.25, 0.3) is 10.8 Å². The first-order valence-electron chi connectivity index (χ1n) is 8.17. The number of carbonyl (C=O) groups is 2. The lowest BCUT2D eigenvalue weighted by molar-refractivity contribution is 0.102. The summed E-state index contributed by atoms with van der Waals surface area (Å²) in [6.07, 6.45) is 3.16. The first-order chi connectivity index (χ1) is 13.2. The maximum Gasteiger partial charge on any atom is 0.274 e. The third kappa shape index (κ3) is 3.68. The molecule has 0 bridgehead atoms. The van der Waals surface area contributed by atoms with E-state index in [-0.39, 0.29) is 17.5 Å². The van der Waals surface area contributed by atoms with Crippen molar-refractivity contribution in [1.82, 2.24) is 9.97 Å². The van der Waals surface area contributed by atoms with E-state index in [4.69, 9.17) is 0 Å². The Morgan fingerprint density at radius 1 is 0.815 bits per heavy atom.